The highest BCUT2D eigenvalue weighted by Gasteiger charge is 2.28. The molecule has 5 heteroatoms. The molecule has 0 bridgehead atoms. The van der Waals surface area contributed by atoms with E-state index < -0.39 is 5.60 Å². The lowest BCUT2D eigenvalue weighted by atomic mass is 10.1. The van der Waals surface area contributed by atoms with Crippen LogP contribution in [0.15, 0.2) is 24.3 Å². The van der Waals surface area contributed by atoms with Crippen LogP contribution in [-0.2, 0) is 9.47 Å². The van der Waals surface area contributed by atoms with Gasteiger partial charge >= 0.3 is 6.09 Å². The van der Waals surface area contributed by atoms with Crippen molar-refractivity contribution in [2.45, 2.75) is 32.5 Å². The summed E-state index contributed by atoms with van der Waals surface area (Å²) < 4.78 is 11.1. The number of aldehydes is 1. The van der Waals surface area contributed by atoms with Crippen LogP contribution in [0.4, 0.5) is 4.79 Å². The predicted octanol–water partition coefficient (Wildman–Crippen LogP) is 2.81. The van der Waals surface area contributed by atoms with Crippen LogP contribution in [0.2, 0.25) is 0 Å². The molecule has 5 nitrogen and oxygen atoms in total. The SMILES string of the molecule is CC(C)(C)OC(=O)N1CCOC(c2ccc(C=O)cc2)C1. The zero-order valence-corrected chi connectivity index (χ0v) is 12.7. The maximum absolute atomic E-state index is 12.1. The Morgan fingerprint density at radius 2 is 2.00 bits per heavy atom. The van der Waals surface area contributed by atoms with Crippen molar-refractivity contribution < 1.29 is 19.1 Å². The lowest BCUT2D eigenvalue weighted by Crippen LogP contribution is -2.44. The first-order valence-corrected chi connectivity index (χ1v) is 7.04. The van der Waals surface area contributed by atoms with Gasteiger partial charge in [-0.25, -0.2) is 4.79 Å². The minimum absolute atomic E-state index is 0.188. The molecule has 0 aliphatic carbocycles. The van der Waals surface area contributed by atoms with Crippen molar-refractivity contribution >= 4 is 12.4 Å². The minimum Gasteiger partial charge on any atom is -0.444 e. The molecule has 1 saturated heterocycles. The average molecular weight is 291 g/mol. The van der Waals surface area contributed by atoms with E-state index in [4.69, 9.17) is 9.47 Å². The number of rotatable bonds is 2. The number of hydrogen-bond acceptors (Lipinski definition) is 4. The Balaban J connectivity index is 2.02. The molecular weight excluding hydrogens is 270 g/mol. The van der Waals surface area contributed by atoms with Gasteiger partial charge in [-0.15, -0.1) is 0 Å². The van der Waals surface area contributed by atoms with Gasteiger partial charge in [-0.1, -0.05) is 24.3 Å². The molecule has 1 aliphatic rings. The van der Waals surface area contributed by atoms with Crippen molar-refractivity contribution in [1.82, 2.24) is 4.90 Å². The zero-order chi connectivity index (χ0) is 15.5. The Kier molecular flexibility index (Phi) is 4.63. The van der Waals surface area contributed by atoms with E-state index in [0.29, 0.717) is 25.3 Å². The summed E-state index contributed by atoms with van der Waals surface area (Å²) in [5.74, 6) is 0. The summed E-state index contributed by atoms with van der Waals surface area (Å²) in [6, 6.07) is 7.20. The molecule has 1 fully saturated rings. The Bertz CT molecular complexity index is 504. The van der Waals surface area contributed by atoms with E-state index in [0.717, 1.165) is 11.8 Å². The van der Waals surface area contributed by atoms with Crippen molar-refractivity contribution in [2.24, 2.45) is 0 Å². The lowest BCUT2D eigenvalue weighted by Gasteiger charge is -2.34. The van der Waals surface area contributed by atoms with Crippen molar-refractivity contribution in [3.8, 4) is 0 Å². The summed E-state index contributed by atoms with van der Waals surface area (Å²) in [4.78, 5) is 24.4. The smallest absolute Gasteiger partial charge is 0.410 e. The van der Waals surface area contributed by atoms with Crippen LogP contribution >= 0.6 is 0 Å². The molecule has 21 heavy (non-hydrogen) atoms. The third-order valence-electron chi connectivity index (χ3n) is 3.16. The summed E-state index contributed by atoms with van der Waals surface area (Å²) in [5.41, 5.74) is 1.07. The monoisotopic (exact) mass is 291 g/mol. The minimum atomic E-state index is -0.503. The van der Waals surface area contributed by atoms with Crippen LogP contribution in [0.5, 0.6) is 0 Å². The van der Waals surface area contributed by atoms with Gasteiger partial charge in [0.1, 0.15) is 18.0 Å². The molecule has 1 aromatic rings. The Labute approximate surface area is 124 Å². The molecule has 0 N–H and O–H groups in total. The first-order chi connectivity index (χ1) is 9.89. The van der Waals surface area contributed by atoms with E-state index in [-0.39, 0.29) is 12.2 Å². The maximum Gasteiger partial charge on any atom is 0.410 e. The molecule has 0 spiro atoms. The quantitative estimate of drug-likeness (QED) is 0.786. The van der Waals surface area contributed by atoms with E-state index in [9.17, 15) is 9.59 Å². The van der Waals surface area contributed by atoms with Gasteiger partial charge in [-0.3, -0.25) is 4.79 Å². The van der Waals surface area contributed by atoms with Crippen LogP contribution in [0.3, 0.4) is 0 Å². The lowest BCUT2D eigenvalue weighted by molar-refractivity contribution is -0.0432. The second-order valence-electron chi connectivity index (χ2n) is 6.07. The van der Waals surface area contributed by atoms with Gasteiger partial charge in [0.15, 0.2) is 0 Å². The normalized spacial score (nSPS) is 19.2. The molecule has 1 amide bonds. The molecule has 1 heterocycles. The van der Waals surface area contributed by atoms with E-state index in [1.165, 1.54) is 0 Å². The maximum atomic E-state index is 12.1. The van der Waals surface area contributed by atoms with Crippen LogP contribution in [0, 0.1) is 0 Å². The van der Waals surface area contributed by atoms with E-state index >= 15 is 0 Å². The molecule has 114 valence electrons. The average Bonchev–Trinajstić information content (AvgIpc) is 2.46. The second-order valence-corrected chi connectivity index (χ2v) is 6.07. The number of carbonyl (C=O) groups excluding carboxylic acids is 2. The standard InChI is InChI=1S/C16H21NO4/c1-16(2,3)21-15(19)17-8-9-20-14(10-17)13-6-4-12(11-18)5-7-13/h4-7,11,14H,8-10H2,1-3H3. The molecule has 1 unspecified atom stereocenters. The van der Waals surface area contributed by atoms with Crippen molar-refractivity contribution in [3.05, 3.63) is 35.4 Å². The molecule has 2 rings (SSSR count). The number of morpholine rings is 1. The fraction of sp³-hybridized carbons (Fsp3) is 0.500. The number of amides is 1. The van der Waals surface area contributed by atoms with Crippen LogP contribution < -0.4 is 0 Å². The van der Waals surface area contributed by atoms with Crippen molar-refractivity contribution in [1.29, 1.82) is 0 Å². The molecule has 1 aliphatic heterocycles. The van der Waals surface area contributed by atoms with Crippen molar-refractivity contribution in [2.75, 3.05) is 19.7 Å². The molecular formula is C16H21NO4. The molecule has 1 aromatic carbocycles. The predicted molar refractivity (Wildman–Crippen MR) is 78.3 cm³/mol. The highest BCUT2D eigenvalue weighted by Crippen LogP contribution is 2.23. The number of benzene rings is 1. The summed E-state index contributed by atoms with van der Waals surface area (Å²) >= 11 is 0. The Hall–Kier alpha value is -1.88. The first-order valence-electron chi connectivity index (χ1n) is 7.04. The second kappa shape index (κ2) is 6.26. The Morgan fingerprint density at radius 1 is 1.33 bits per heavy atom. The van der Waals surface area contributed by atoms with Gasteiger partial charge in [-0.2, -0.15) is 0 Å². The number of hydrogen-bond donors (Lipinski definition) is 0. The summed E-state index contributed by atoms with van der Waals surface area (Å²) in [6.45, 7) is 7.00. The van der Waals surface area contributed by atoms with Crippen LogP contribution in [0.1, 0.15) is 42.8 Å². The third-order valence-corrected chi connectivity index (χ3v) is 3.16. The van der Waals surface area contributed by atoms with Gasteiger partial charge in [-0.05, 0) is 26.3 Å². The number of carbonyl (C=O) groups is 2. The fourth-order valence-corrected chi connectivity index (χ4v) is 2.13. The van der Waals surface area contributed by atoms with E-state index in [1.54, 1.807) is 17.0 Å². The van der Waals surface area contributed by atoms with Crippen molar-refractivity contribution in [3.63, 3.8) is 0 Å². The van der Waals surface area contributed by atoms with Gasteiger partial charge in [0.05, 0.1) is 13.2 Å². The van der Waals surface area contributed by atoms with Gasteiger partial charge in [0, 0.05) is 12.1 Å². The zero-order valence-electron chi connectivity index (χ0n) is 12.7. The van der Waals surface area contributed by atoms with Gasteiger partial charge in [0.25, 0.3) is 0 Å². The fourth-order valence-electron chi connectivity index (χ4n) is 2.13. The summed E-state index contributed by atoms with van der Waals surface area (Å²) in [5, 5.41) is 0. The molecule has 0 saturated carbocycles. The first kappa shape index (κ1) is 15.5. The molecule has 0 aromatic heterocycles. The highest BCUT2D eigenvalue weighted by molar-refractivity contribution is 5.74. The number of nitrogens with zero attached hydrogens (tertiary/aromatic N) is 1. The molecule has 0 radical (unpaired) electrons. The third kappa shape index (κ3) is 4.29. The van der Waals surface area contributed by atoms with E-state index in [2.05, 4.69) is 0 Å². The molecule has 1 atom stereocenters. The van der Waals surface area contributed by atoms with E-state index in [1.807, 2.05) is 32.9 Å². The topological polar surface area (TPSA) is 55.8 Å². The number of ether oxygens (including phenoxy) is 2. The van der Waals surface area contributed by atoms with Gasteiger partial charge < -0.3 is 14.4 Å². The summed E-state index contributed by atoms with van der Waals surface area (Å²) in [6.07, 6.45) is 0.297. The summed E-state index contributed by atoms with van der Waals surface area (Å²) in [7, 11) is 0. The largest absolute Gasteiger partial charge is 0.444 e. The Morgan fingerprint density at radius 3 is 2.57 bits per heavy atom. The van der Waals surface area contributed by atoms with Gasteiger partial charge in [0.2, 0.25) is 0 Å². The van der Waals surface area contributed by atoms with Crippen LogP contribution in [-0.4, -0.2) is 42.6 Å². The van der Waals surface area contributed by atoms with Crippen LogP contribution in [0.25, 0.3) is 0 Å². The highest BCUT2D eigenvalue weighted by atomic mass is 16.6.